The molecule has 0 amide bonds. The van der Waals surface area contributed by atoms with Gasteiger partial charge in [0.1, 0.15) is 0 Å². The van der Waals surface area contributed by atoms with E-state index in [2.05, 4.69) is 6.92 Å². The Morgan fingerprint density at radius 1 is 1.33 bits per heavy atom. The van der Waals surface area contributed by atoms with E-state index in [-0.39, 0.29) is 9.04 Å². The molecule has 0 rings (SSSR count). The third kappa shape index (κ3) is 4.83. The topological polar surface area (TPSA) is 18.5 Å². The minimum Gasteiger partial charge on any atom is -0.403 e. The maximum absolute atomic E-state index is 5.18. The van der Waals surface area contributed by atoms with E-state index in [9.17, 15) is 0 Å². The molecule has 0 N–H and O–H groups in total. The van der Waals surface area contributed by atoms with Gasteiger partial charge in [0.25, 0.3) is 8.80 Å². The fourth-order valence-corrected chi connectivity index (χ4v) is 5.75. The van der Waals surface area contributed by atoms with E-state index >= 15 is 0 Å². The molecule has 0 saturated heterocycles. The highest BCUT2D eigenvalue weighted by Gasteiger charge is 2.06. The highest BCUT2D eigenvalue weighted by atomic mass is 29.2. The van der Waals surface area contributed by atoms with Crippen LogP contribution in [0.5, 0.6) is 0 Å². The van der Waals surface area contributed by atoms with Gasteiger partial charge in [-0.05, 0) is 0 Å². The lowest BCUT2D eigenvalue weighted by molar-refractivity contribution is 0.298. The van der Waals surface area contributed by atoms with Crippen molar-refractivity contribution in [2.75, 3.05) is 14.2 Å². The maximum atomic E-state index is 5.18. The standard InChI is InChI=1S/C5H16O2Si2/c1-4-5-8-9(6-2)7-3/h9H,4-5,8H2,1-3H3. The largest absolute Gasteiger partial charge is 0.403 e. The molecule has 0 bridgehead atoms. The van der Waals surface area contributed by atoms with Crippen LogP contribution in [0.2, 0.25) is 6.04 Å². The first-order chi connectivity index (χ1) is 4.35. The van der Waals surface area contributed by atoms with E-state index in [1.165, 1.54) is 12.5 Å². The Kier molecular flexibility index (Phi) is 6.73. The maximum Gasteiger partial charge on any atom is 0.292 e. The average molecular weight is 164 g/mol. The molecule has 4 heteroatoms. The van der Waals surface area contributed by atoms with Crippen LogP contribution in [0.15, 0.2) is 0 Å². The summed E-state index contributed by atoms with van der Waals surface area (Å²) in [6, 6.07) is 1.37. The van der Waals surface area contributed by atoms with Crippen molar-refractivity contribution in [3.63, 3.8) is 0 Å². The first kappa shape index (κ1) is 9.35. The molecule has 0 aliphatic heterocycles. The van der Waals surface area contributed by atoms with E-state index in [0.717, 1.165) is 0 Å². The minimum atomic E-state index is -1.07. The molecule has 0 spiro atoms. The van der Waals surface area contributed by atoms with Gasteiger partial charge in [-0.15, -0.1) is 0 Å². The molecule has 0 unspecified atom stereocenters. The summed E-state index contributed by atoms with van der Waals surface area (Å²) in [5.74, 6) is 0. The van der Waals surface area contributed by atoms with Gasteiger partial charge in [0.2, 0.25) is 0 Å². The molecule has 0 radical (unpaired) electrons. The quantitative estimate of drug-likeness (QED) is 0.532. The zero-order valence-electron chi connectivity index (χ0n) is 6.52. The van der Waals surface area contributed by atoms with Crippen molar-refractivity contribution in [1.29, 1.82) is 0 Å². The van der Waals surface area contributed by atoms with Crippen molar-refractivity contribution in [3.8, 4) is 0 Å². The summed E-state index contributed by atoms with van der Waals surface area (Å²) < 4.78 is 10.4. The van der Waals surface area contributed by atoms with Gasteiger partial charge in [-0.25, -0.2) is 0 Å². The number of hydrogen-bond donors (Lipinski definition) is 0. The molecule has 0 saturated carbocycles. The molecular weight excluding hydrogens is 148 g/mol. The molecule has 2 nitrogen and oxygen atoms in total. The van der Waals surface area contributed by atoms with Gasteiger partial charge in [-0.3, -0.25) is 0 Å². The average Bonchev–Trinajstić information content (AvgIpc) is 1.91. The third-order valence-corrected chi connectivity index (χ3v) is 8.60. The second-order valence-corrected chi connectivity index (χ2v) is 8.86. The van der Waals surface area contributed by atoms with Crippen molar-refractivity contribution in [3.05, 3.63) is 0 Å². The Morgan fingerprint density at radius 3 is 2.22 bits per heavy atom. The van der Waals surface area contributed by atoms with Crippen LogP contribution in [0.25, 0.3) is 0 Å². The van der Waals surface area contributed by atoms with E-state index in [1.807, 2.05) is 0 Å². The summed E-state index contributed by atoms with van der Waals surface area (Å²) in [6.07, 6.45) is 1.29. The molecule has 0 aliphatic rings. The molecule has 0 aromatic heterocycles. The zero-order chi connectivity index (χ0) is 7.11. The van der Waals surface area contributed by atoms with Crippen molar-refractivity contribution in [2.24, 2.45) is 0 Å². The van der Waals surface area contributed by atoms with E-state index in [0.29, 0.717) is 0 Å². The smallest absolute Gasteiger partial charge is 0.292 e. The van der Waals surface area contributed by atoms with Crippen LogP contribution in [0.4, 0.5) is 0 Å². The Bertz CT molecular complexity index is 56.9. The molecule has 0 aliphatic carbocycles. The predicted octanol–water partition coefficient (Wildman–Crippen LogP) is -0.00650. The molecule has 9 heavy (non-hydrogen) atoms. The first-order valence-electron chi connectivity index (χ1n) is 3.40. The van der Waals surface area contributed by atoms with Gasteiger partial charge >= 0.3 is 0 Å². The Morgan fingerprint density at radius 2 is 1.89 bits per heavy atom. The fraction of sp³-hybridized carbons (Fsp3) is 1.00. The molecule has 56 valence electrons. The van der Waals surface area contributed by atoms with E-state index in [1.54, 1.807) is 14.2 Å². The third-order valence-electron chi connectivity index (χ3n) is 1.32. The normalized spacial score (nSPS) is 12.0. The van der Waals surface area contributed by atoms with E-state index < -0.39 is 8.80 Å². The minimum absolute atomic E-state index is 0.0197. The first-order valence-corrected chi connectivity index (χ1v) is 8.61. The molecule has 0 fully saturated rings. The van der Waals surface area contributed by atoms with Gasteiger partial charge in [-0.1, -0.05) is 19.4 Å². The summed E-state index contributed by atoms with van der Waals surface area (Å²) in [5, 5.41) is 0. The van der Waals surface area contributed by atoms with Gasteiger partial charge in [0.15, 0.2) is 0 Å². The lowest BCUT2D eigenvalue weighted by Crippen LogP contribution is -2.27. The van der Waals surface area contributed by atoms with Crippen LogP contribution in [0, 0.1) is 0 Å². The number of rotatable bonds is 5. The van der Waals surface area contributed by atoms with Crippen LogP contribution >= 0.6 is 0 Å². The lowest BCUT2D eigenvalue weighted by atomic mass is 10.6. The predicted molar refractivity (Wildman–Crippen MR) is 44.8 cm³/mol. The van der Waals surface area contributed by atoms with Crippen LogP contribution in [0.1, 0.15) is 13.3 Å². The molecular formula is C5H16O2Si2. The number of hydrogen-bond acceptors (Lipinski definition) is 2. The Labute approximate surface area is 61.0 Å². The van der Waals surface area contributed by atoms with Crippen LogP contribution in [-0.4, -0.2) is 32.1 Å². The summed E-state index contributed by atoms with van der Waals surface area (Å²) in [6.45, 7) is 2.21. The SMILES string of the molecule is CCC[SiH2][SiH](OC)OC. The van der Waals surface area contributed by atoms with Gasteiger partial charge in [-0.2, -0.15) is 0 Å². The van der Waals surface area contributed by atoms with Crippen molar-refractivity contribution >= 4 is 17.8 Å². The molecule has 0 atom stereocenters. The molecule has 0 heterocycles. The van der Waals surface area contributed by atoms with Crippen molar-refractivity contribution in [2.45, 2.75) is 19.4 Å². The van der Waals surface area contributed by atoms with E-state index in [4.69, 9.17) is 8.85 Å². The highest BCUT2D eigenvalue weighted by Crippen LogP contribution is 1.90. The van der Waals surface area contributed by atoms with Crippen molar-refractivity contribution in [1.82, 2.24) is 0 Å². The molecule has 0 aromatic rings. The molecule has 0 aromatic carbocycles. The van der Waals surface area contributed by atoms with Crippen LogP contribution in [-0.2, 0) is 8.85 Å². The van der Waals surface area contributed by atoms with Gasteiger partial charge in [0.05, 0.1) is 9.04 Å². The fourth-order valence-electron chi connectivity index (χ4n) is 0.703. The second-order valence-electron chi connectivity index (χ2n) is 2.04. The highest BCUT2D eigenvalue weighted by molar-refractivity contribution is 7.05. The summed E-state index contributed by atoms with van der Waals surface area (Å²) in [4.78, 5) is 0. The summed E-state index contributed by atoms with van der Waals surface area (Å²) in [5.41, 5.74) is 0. The van der Waals surface area contributed by atoms with Crippen molar-refractivity contribution < 1.29 is 8.85 Å². The van der Waals surface area contributed by atoms with Gasteiger partial charge < -0.3 is 8.85 Å². The van der Waals surface area contributed by atoms with Gasteiger partial charge in [0, 0.05) is 14.2 Å². The van der Waals surface area contributed by atoms with Crippen LogP contribution in [0.3, 0.4) is 0 Å². The Balaban J connectivity index is 3.09. The zero-order valence-corrected chi connectivity index (χ0v) is 9.08. The lowest BCUT2D eigenvalue weighted by Gasteiger charge is -2.08. The summed E-state index contributed by atoms with van der Waals surface area (Å²) >= 11 is 0. The second kappa shape index (κ2) is 6.47. The summed E-state index contributed by atoms with van der Waals surface area (Å²) in [7, 11) is 2.48. The monoisotopic (exact) mass is 164 g/mol. The Hall–Kier alpha value is 0.354. The van der Waals surface area contributed by atoms with Crippen LogP contribution < -0.4 is 0 Å².